The van der Waals surface area contributed by atoms with Crippen LogP contribution in [-0.2, 0) is 17.4 Å². The van der Waals surface area contributed by atoms with Crippen molar-refractivity contribution >= 4 is 17.5 Å². The monoisotopic (exact) mass is 490 g/mol. The van der Waals surface area contributed by atoms with Crippen molar-refractivity contribution in [3.63, 3.8) is 0 Å². The second kappa shape index (κ2) is 10.5. The van der Waals surface area contributed by atoms with Crippen LogP contribution in [0.3, 0.4) is 0 Å². The molecule has 0 aliphatic rings. The number of ether oxygens (including phenoxy) is 1. The first-order chi connectivity index (χ1) is 16.0. The van der Waals surface area contributed by atoms with Gasteiger partial charge >= 0.3 is 6.18 Å². The highest BCUT2D eigenvalue weighted by molar-refractivity contribution is 6.30. The van der Waals surface area contributed by atoms with E-state index in [1.54, 1.807) is 0 Å². The molecule has 0 saturated carbocycles. The van der Waals surface area contributed by atoms with Crippen LogP contribution in [0.2, 0.25) is 5.02 Å². The number of hydrogen-bond donors (Lipinski definition) is 1. The van der Waals surface area contributed by atoms with Gasteiger partial charge in [0.15, 0.2) is 5.60 Å². The van der Waals surface area contributed by atoms with Crippen molar-refractivity contribution in [1.29, 1.82) is 0 Å². The standard InChI is InChI=1S/C26H26ClF3N2O2/c1-17(22(19-7-5-4-6-8-19)15-18-9-11-21(27)12-10-18)32-24(33)25(2,3)34-23-16-20(13-14-31-23)26(28,29)30/h4-14,16-17,22H,15H2,1-3H3,(H,32,33). The molecule has 3 aromatic rings. The molecule has 180 valence electrons. The molecule has 34 heavy (non-hydrogen) atoms. The van der Waals surface area contributed by atoms with Crippen LogP contribution in [0.1, 0.15) is 43.4 Å². The predicted molar refractivity (Wildman–Crippen MR) is 126 cm³/mol. The zero-order chi connectivity index (χ0) is 24.9. The number of benzene rings is 2. The highest BCUT2D eigenvalue weighted by Crippen LogP contribution is 2.31. The van der Waals surface area contributed by atoms with Crippen LogP contribution in [0.25, 0.3) is 0 Å². The molecule has 0 saturated heterocycles. The molecule has 1 aromatic heterocycles. The molecule has 2 aromatic carbocycles. The molecule has 3 rings (SSSR count). The molecule has 0 fully saturated rings. The van der Waals surface area contributed by atoms with Crippen LogP contribution in [0.4, 0.5) is 13.2 Å². The number of carbonyl (C=O) groups excluding carboxylic acids is 1. The Hall–Kier alpha value is -3.06. The van der Waals surface area contributed by atoms with E-state index in [-0.39, 0.29) is 17.8 Å². The maximum Gasteiger partial charge on any atom is 0.416 e. The normalized spacial score (nSPS) is 13.7. The molecular formula is C26H26ClF3N2O2. The summed E-state index contributed by atoms with van der Waals surface area (Å²) in [6.45, 7) is 4.88. The number of amides is 1. The summed E-state index contributed by atoms with van der Waals surface area (Å²) >= 11 is 6.01. The van der Waals surface area contributed by atoms with Crippen molar-refractivity contribution in [3.8, 4) is 5.88 Å². The smallest absolute Gasteiger partial charge is 0.416 e. The van der Waals surface area contributed by atoms with Crippen molar-refractivity contribution in [2.45, 2.75) is 50.9 Å². The van der Waals surface area contributed by atoms with Gasteiger partial charge < -0.3 is 10.1 Å². The lowest BCUT2D eigenvalue weighted by Gasteiger charge is -2.30. The van der Waals surface area contributed by atoms with Crippen LogP contribution < -0.4 is 10.1 Å². The highest BCUT2D eigenvalue weighted by atomic mass is 35.5. The summed E-state index contributed by atoms with van der Waals surface area (Å²) in [6.07, 6.45) is -2.88. The molecule has 1 N–H and O–H groups in total. The van der Waals surface area contributed by atoms with Crippen LogP contribution in [-0.4, -0.2) is 22.5 Å². The third-order valence-electron chi connectivity index (χ3n) is 5.53. The van der Waals surface area contributed by atoms with Gasteiger partial charge in [-0.05, 0) is 56.5 Å². The molecule has 1 heterocycles. The third kappa shape index (κ3) is 6.73. The van der Waals surface area contributed by atoms with Gasteiger partial charge in [-0.1, -0.05) is 54.1 Å². The summed E-state index contributed by atoms with van der Waals surface area (Å²) in [5.41, 5.74) is -0.242. The van der Waals surface area contributed by atoms with Crippen LogP contribution in [0.15, 0.2) is 72.9 Å². The zero-order valence-corrected chi connectivity index (χ0v) is 19.8. The Balaban J connectivity index is 1.76. The number of pyridine rings is 1. The number of hydrogen-bond acceptors (Lipinski definition) is 3. The topological polar surface area (TPSA) is 51.2 Å². The Morgan fingerprint density at radius 3 is 2.32 bits per heavy atom. The number of carbonyl (C=O) groups is 1. The minimum Gasteiger partial charge on any atom is -0.462 e. The van der Waals surface area contributed by atoms with Gasteiger partial charge in [-0.3, -0.25) is 4.79 Å². The minimum absolute atomic E-state index is 0.0613. The van der Waals surface area contributed by atoms with E-state index in [4.69, 9.17) is 16.3 Å². The van der Waals surface area contributed by atoms with Gasteiger partial charge in [-0.2, -0.15) is 13.2 Å². The summed E-state index contributed by atoms with van der Waals surface area (Å²) in [5, 5.41) is 3.62. The van der Waals surface area contributed by atoms with Gasteiger partial charge in [0, 0.05) is 29.2 Å². The Morgan fingerprint density at radius 2 is 1.71 bits per heavy atom. The van der Waals surface area contributed by atoms with E-state index in [0.717, 1.165) is 29.5 Å². The van der Waals surface area contributed by atoms with Crippen molar-refractivity contribution in [3.05, 3.63) is 94.6 Å². The third-order valence-corrected chi connectivity index (χ3v) is 5.78. The van der Waals surface area contributed by atoms with Gasteiger partial charge in [0.05, 0.1) is 5.56 Å². The Morgan fingerprint density at radius 1 is 1.06 bits per heavy atom. The van der Waals surface area contributed by atoms with Crippen molar-refractivity contribution in [2.24, 2.45) is 0 Å². The summed E-state index contributed by atoms with van der Waals surface area (Å²) in [5.74, 6) is -0.798. The van der Waals surface area contributed by atoms with E-state index in [0.29, 0.717) is 11.4 Å². The number of halogens is 4. The molecule has 0 aliphatic heterocycles. The Labute approximate surface area is 202 Å². The fraction of sp³-hybridized carbons (Fsp3) is 0.308. The van der Waals surface area contributed by atoms with E-state index in [1.165, 1.54) is 13.8 Å². The van der Waals surface area contributed by atoms with Gasteiger partial charge in [0.1, 0.15) is 0 Å². The minimum atomic E-state index is -4.54. The maximum absolute atomic E-state index is 13.1. The average Bonchev–Trinajstić information content (AvgIpc) is 2.78. The van der Waals surface area contributed by atoms with Gasteiger partial charge in [0.25, 0.3) is 5.91 Å². The number of nitrogens with zero attached hydrogens (tertiary/aromatic N) is 1. The largest absolute Gasteiger partial charge is 0.462 e. The van der Waals surface area contributed by atoms with Crippen LogP contribution in [0, 0.1) is 0 Å². The zero-order valence-electron chi connectivity index (χ0n) is 19.1. The number of alkyl halides is 3. The summed E-state index contributed by atoms with van der Waals surface area (Å²) in [7, 11) is 0. The van der Waals surface area contributed by atoms with E-state index >= 15 is 0 Å². The molecular weight excluding hydrogens is 465 g/mol. The molecule has 4 nitrogen and oxygen atoms in total. The second-order valence-corrected chi connectivity index (χ2v) is 9.04. The van der Waals surface area contributed by atoms with E-state index in [2.05, 4.69) is 10.3 Å². The molecule has 0 radical (unpaired) electrons. The van der Waals surface area contributed by atoms with Crippen molar-refractivity contribution in [2.75, 3.05) is 0 Å². The van der Waals surface area contributed by atoms with E-state index in [9.17, 15) is 18.0 Å². The van der Waals surface area contributed by atoms with Crippen molar-refractivity contribution in [1.82, 2.24) is 10.3 Å². The molecule has 2 unspecified atom stereocenters. The second-order valence-electron chi connectivity index (χ2n) is 8.60. The predicted octanol–water partition coefficient (Wildman–Crippen LogP) is 6.44. The Bertz CT molecular complexity index is 1100. The van der Waals surface area contributed by atoms with Gasteiger partial charge in [-0.25, -0.2) is 4.98 Å². The first-order valence-corrected chi connectivity index (χ1v) is 11.2. The van der Waals surface area contributed by atoms with Crippen LogP contribution in [0.5, 0.6) is 5.88 Å². The van der Waals surface area contributed by atoms with Crippen LogP contribution >= 0.6 is 11.6 Å². The molecule has 0 aliphatic carbocycles. The lowest BCUT2D eigenvalue weighted by molar-refractivity contribution is -0.138. The van der Waals surface area contributed by atoms with Crippen molar-refractivity contribution < 1.29 is 22.7 Å². The molecule has 8 heteroatoms. The Kier molecular flexibility index (Phi) is 7.87. The SMILES string of the molecule is CC(NC(=O)C(C)(C)Oc1cc(C(F)(F)F)ccn1)C(Cc1ccc(Cl)cc1)c1ccccc1. The lowest BCUT2D eigenvalue weighted by atomic mass is 9.86. The molecule has 0 bridgehead atoms. The first-order valence-electron chi connectivity index (χ1n) is 10.8. The summed E-state index contributed by atoms with van der Waals surface area (Å²) in [4.78, 5) is 16.9. The number of nitrogens with one attached hydrogen (secondary N) is 1. The number of aromatic nitrogens is 1. The summed E-state index contributed by atoms with van der Waals surface area (Å²) in [6, 6.07) is 18.6. The fourth-order valence-corrected chi connectivity index (χ4v) is 3.71. The molecule has 0 spiro atoms. The fourth-order valence-electron chi connectivity index (χ4n) is 3.59. The maximum atomic E-state index is 13.1. The quantitative estimate of drug-likeness (QED) is 0.395. The molecule has 2 atom stereocenters. The number of rotatable bonds is 8. The van der Waals surface area contributed by atoms with E-state index in [1.807, 2.05) is 61.5 Å². The lowest BCUT2D eigenvalue weighted by Crippen LogP contribution is -2.51. The summed E-state index contributed by atoms with van der Waals surface area (Å²) < 4.78 is 44.6. The van der Waals surface area contributed by atoms with Gasteiger partial charge in [-0.15, -0.1) is 0 Å². The first kappa shape index (κ1) is 25.6. The van der Waals surface area contributed by atoms with E-state index < -0.39 is 23.2 Å². The molecule has 1 amide bonds. The highest BCUT2D eigenvalue weighted by Gasteiger charge is 2.35. The average molecular weight is 491 g/mol. The van der Waals surface area contributed by atoms with Gasteiger partial charge in [0.2, 0.25) is 5.88 Å².